The minimum Gasteiger partial charge on any atom is -0.623 e. The molecular weight excluding hydrogens is 377 g/mol. The summed E-state index contributed by atoms with van der Waals surface area (Å²) in [5, 5.41) is 12.9. The largest absolute Gasteiger partial charge is 0.623 e. The van der Waals surface area contributed by atoms with Crippen LogP contribution in [0.25, 0.3) is 0 Å². The first-order valence-corrected chi connectivity index (χ1v) is 9.42. The van der Waals surface area contributed by atoms with Gasteiger partial charge in [-0.05, 0) is 31.2 Å². The Labute approximate surface area is 167 Å². The number of halogens is 1. The van der Waals surface area contributed by atoms with Gasteiger partial charge in [-0.2, -0.15) is 4.74 Å². The van der Waals surface area contributed by atoms with E-state index in [9.17, 15) is 19.2 Å². The first kappa shape index (κ1) is 18.9. The van der Waals surface area contributed by atoms with E-state index in [-0.39, 0.29) is 36.3 Å². The van der Waals surface area contributed by atoms with Crippen molar-refractivity contribution in [2.75, 3.05) is 42.6 Å². The lowest BCUT2D eigenvalue weighted by Crippen LogP contribution is -2.47. The van der Waals surface area contributed by atoms with E-state index < -0.39 is 12.4 Å². The zero-order chi connectivity index (χ0) is 20.5. The molecule has 0 saturated heterocycles. The van der Waals surface area contributed by atoms with Gasteiger partial charge in [0.25, 0.3) is 5.91 Å². The van der Waals surface area contributed by atoms with Crippen molar-refractivity contribution >= 4 is 29.0 Å². The zero-order valence-electron chi connectivity index (χ0n) is 15.9. The Bertz CT molecular complexity index is 1020. The standard InChI is InChI=1S/C21H20FN3O4/c1-2-29-19(27)13-23-10-11-24-18(26)12-25(28)20(14-6-3-4-8-16(14)22)15-7-5-9-17(23)21(15)24/h3-9H,2,10-13H2,1H3. The van der Waals surface area contributed by atoms with Gasteiger partial charge in [0.15, 0.2) is 0 Å². The van der Waals surface area contributed by atoms with E-state index in [0.29, 0.717) is 34.8 Å². The summed E-state index contributed by atoms with van der Waals surface area (Å²) in [4.78, 5) is 28.2. The van der Waals surface area contributed by atoms with Gasteiger partial charge in [-0.25, -0.2) is 4.39 Å². The summed E-state index contributed by atoms with van der Waals surface area (Å²) in [5.41, 5.74) is 1.85. The number of carbonyl (C=O) groups is 2. The third-order valence-corrected chi connectivity index (χ3v) is 5.06. The number of nitrogens with zero attached hydrogens (tertiary/aromatic N) is 3. The molecular formula is C21H20FN3O4. The molecule has 0 bridgehead atoms. The molecule has 2 aromatic carbocycles. The number of benzene rings is 2. The van der Waals surface area contributed by atoms with Crippen molar-refractivity contribution in [3.63, 3.8) is 0 Å². The number of carbonyl (C=O) groups excluding carboxylic acids is 2. The molecule has 0 N–H and O–H groups in total. The minimum atomic E-state index is -0.541. The Morgan fingerprint density at radius 2 is 1.93 bits per heavy atom. The maximum atomic E-state index is 14.5. The number of hydrogen-bond acceptors (Lipinski definition) is 5. The monoisotopic (exact) mass is 397 g/mol. The highest BCUT2D eigenvalue weighted by Gasteiger charge is 2.38. The summed E-state index contributed by atoms with van der Waals surface area (Å²) in [5.74, 6) is -1.28. The zero-order valence-corrected chi connectivity index (χ0v) is 15.9. The van der Waals surface area contributed by atoms with Crippen LogP contribution in [-0.2, 0) is 14.3 Å². The van der Waals surface area contributed by atoms with Crippen molar-refractivity contribution in [2.24, 2.45) is 0 Å². The van der Waals surface area contributed by atoms with Gasteiger partial charge in [0, 0.05) is 13.1 Å². The molecule has 2 aliphatic rings. The lowest BCUT2D eigenvalue weighted by Gasteiger charge is -2.37. The molecule has 2 aliphatic heterocycles. The van der Waals surface area contributed by atoms with Gasteiger partial charge >= 0.3 is 5.97 Å². The first-order chi connectivity index (χ1) is 14.0. The summed E-state index contributed by atoms with van der Waals surface area (Å²) >= 11 is 0. The van der Waals surface area contributed by atoms with Crippen LogP contribution in [0.15, 0.2) is 42.5 Å². The Balaban J connectivity index is 1.88. The van der Waals surface area contributed by atoms with E-state index in [1.54, 1.807) is 42.2 Å². The average molecular weight is 397 g/mol. The van der Waals surface area contributed by atoms with Gasteiger partial charge in [0.05, 0.1) is 29.1 Å². The van der Waals surface area contributed by atoms with Crippen LogP contribution < -0.4 is 9.80 Å². The maximum Gasteiger partial charge on any atom is 0.325 e. The number of amides is 1. The van der Waals surface area contributed by atoms with E-state index in [4.69, 9.17) is 4.74 Å². The van der Waals surface area contributed by atoms with Crippen LogP contribution in [0, 0.1) is 11.0 Å². The molecule has 0 spiro atoms. The number of hydroxylamine groups is 1. The SMILES string of the molecule is CCOC(=O)CN1CCN2C(=O)C[N+]([O-])=C(c3ccccc3F)c3cccc1c32. The predicted molar refractivity (Wildman–Crippen MR) is 106 cm³/mol. The molecule has 4 rings (SSSR count). The van der Waals surface area contributed by atoms with Crippen molar-refractivity contribution in [1.29, 1.82) is 0 Å². The van der Waals surface area contributed by atoms with E-state index in [1.165, 1.54) is 12.1 Å². The number of ether oxygens (including phenoxy) is 1. The van der Waals surface area contributed by atoms with E-state index >= 15 is 0 Å². The molecule has 29 heavy (non-hydrogen) atoms. The molecule has 1 amide bonds. The fourth-order valence-corrected chi connectivity index (χ4v) is 3.84. The molecule has 2 heterocycles. The van der Waals surface area contributed by atoms with Gasteiger partial charge in [0.1, 0.15) is 12.4 Å². The second-order valence-electron chi connectivity index (χ2n) is 6.81. The van der Waals surface area contributed by atoms with E-state index in [0.717, 1.165) is 0 Å². The molecule has 0 atom stereocenters. The van der Waals surface area contributed by atoms with E-state index in [2.05, 4.69) is 0 Å². The molecule has 0 fully saturated rings. The number of esters is 1. The summed E-state index contributed by atoms with van der Waals surface area (Å²) in [6, 6.07) is 11.2. The number of rotatable bonds is 4. The van der Waals surface area contributed by atoms with Crippen molar-refractivity contribution in [3.8, 4) is 0 Å². The highest BCUT2D eigenvalue weighted by molar-refractivity contribution is 6.18. The predicted octanol–water partition coefficient (Wildman–Crippen LogP) is 1.90. The van der Waals surface area contributed by atoms with Gasteiger partial charge in [-0.15, -0.1) is 0 Å². The molecule has 0 aromatic heterocycles. The van der Waals surface area contributed by atoms with Crippen molar-refractivity contribution in [3.05, 3.63) is 64.6 Å². The highest BCUT2D eigenvalue weighted by atomic mass is 19.1. The molecule has 150 valence electrons. The summed E-state index contributed by atoms with van der Waals surface area (Å²) in [7, 11) is 0. The second kappa shape index (κ2) is 7.54. The number of para-hydroxylation sites is 1. The molecule has 7 nitrogen and oxygen atoms in total. The molecule has 2 aromatic rings. The summed E-state index contributed by atoms with van der Waals surface area (Å²) in [6.07, 6.45) is 0. The number of anilines is 2. The lowest BCUT2D eigenvalue weighted by atomic mass is 9.97. The van der Waals surface area contributed by atoms with Crippen molar-refractivity contribution < 1.29 is 23.5 Å². The normalized spacial score (nSPS) is 15.9. The fourth-order valence-electron chi connectivity index (χ4n) is 3.84. The topological polar surface area (TPSA) is 75.9 Å². The average Bonchev–Trinajstić information content (AvgIpc) is 2.80. The molecule has 0 saturated carbocycles. The molecule has 0 aliphatic carbocycles. The van der Waals surface area contributed by atoms with Crippen molar-refractivity contribution in [2.45, 2.75) is 6.92 Å². The van der Waals surface area contributed by atoms with Gasteiger partial charge in [-0.3, -0.25) is 9.59 Å². The van der Waals surface area contributed by atoms with Gasteiger partial charge in [-0.1, -0.05) is 18.2 Å². The minimum absolute atomic E-state index is 0.0302. The molecule has 0 radical (unpaired) electrons. The van der Waals surface area contributed by atoms with Crippen LogP contribution in [0.2, 0.25) is 0 Å². The summed E-state index contributed by atoms with van der Waals surface area (Å²) < 4.78 is 20.1. The third kappa shape index (κ3) is 3.30. The molecule has 0 unspecified atom stereocenters. The van der Waals surface area contributed by atoms with Crippen LogP contribution in [-0.4, -0.2) is 55.1 Å². The van der Waals surface area contributed by atoms with Gasteiger partial charge in [0.2, 0.25) is 12.3 Å². The lowest BCUT2D eigenvalue weighted by molar-refractivity contribution is -0.443. The van der Waals surface area contributed by atoms with E-state index in [1.807, 2.05) is 4.90 Å². The Morgan fingerprint density at radius 3 is 2.69 bits per heavy atom. The maximum absolute atomic E-state index is 14.5. The van der Waals surface area contributed by atoms with Crippen molar-refractivity contribution in [1.82, 2.24) is 0 Å². The fraction of sp³-hybridized carbons (Fsp3) is 0.286. The van der Waals surface area contributed by atoms with Crippen LogP contribution >= 0.6 is 0 Å². The smallest absolute Gasteiger partial charge is 0.325 e. The quantitative estimate of drug-likeness (QED) is 0.448. The highest BCUT2D eigenvalue weighted by Crippen LogP contribution is 2.39. The van der Waals surface area contributed by atoms with Crippen LogP contribution in [0.1, 0.15) is 18.1 Å². The second-order valence-corrected chi connectivity index (χ2v) is 6.81. The number of hydrogen-bond donors (Lipinski definition) is 0. The third-order valence-electron chi connectivity index (χ3n) is 5.06. The Morgan fingerprint density at radius 1 is 1.17 bits per heavy atom. The molecule has 8 heteroatoms. The Kier molecular flexibility index (Phi) is 4.92. The van der Waals surface area contributed by atoms with Gasteiger partial charge < -0.3 is 19.7 Å². The van der Waals surface area contributed by atoms with Crippen LogP contribution in [0.3, 0.4) is 0 Å². The van der Waals surface area contributed by atoms with Crippen LogP contribution in [0.5, 0.6) is 0 Å². The first-order valence-electron chi connectivity index (χ1n) is 9.42. The summed E-state index contributed by atoms with van der Waals surface area (Å²) in [6.45, 7) is 2.38. The van der Waals surface area contributed by atoms with Crippen LogP contribution in [0.4, 0.5) is 15.8 Å². The Hall–Kier alpha value is -3.42.